The van der Waals surface area contributed by atoms with E-state index < -0.39 is 0 Å². The fourth-order valence-corrected chi connectivity index (χ4v) is 3.62. The first kappa shape index (κ1) is 19.4. The topological polar surface area (TPSA) is 51.0 Å². The van der Waals surface area contributed by atoms with Crippen LogP contribution in [-0.4, -0.2) is 31.6 Å². The quantitative estimate of drug-likeness (QED) is 0.609. The molecule has 0 spiro atoms. The van der Waals surface area contributed by atoms with Gasteiger partial charge in [0.2, 0.25) is 0 Å². The molecule has 5 heteroatoms. The number of amides is 1. The molecular weight excluding hydrogens is 360 g/mol. The number of aryl methyl sites for hydroxylation is 2. The van der Waals surface area contributed by atoms with Crippen LogP contribution in [0.2, 0.25) is 0 Å². The van der Waals surface area contributed by atoms with Gasteiger partial charge in [0.25, 0.3) is 5.91 Å². The highest BCUT2D eigenvalue weighted by Gasteiger charge is 2.33. The first-order chi connectivity index (χ1) is 13.9. The Kier molecular flexibility index (Phi) is 5.22. The number of benzene rings is 1. The summed E-state index contributed by atoms with van der Waals surface area (Å²) < 4.78 is 1.80. The predicted molar refractivity (Wildman–Crippen MR) is 114 cm³/mol. The van der Waals surface area contributed by atoms with Crippen LogP contribution in [-0.2, 0) is 6.54 Å². The van der Waals surface area contributed by atoms with Crippen molar-refractivity contribution >= 4 is 5.91 Å². The van der Waals surface area contributed by atoms with Gasteiger partial charge in [-0.2, -0.15) is 5.10 Å². The molecule has 0 aliphatic heterocycles. The smallest absolute Gasteiger partial charge is 0.255 e. The van der Waals surface area contributed by atoms with Gasteiger partial charge in [0.15, 0.2) is 5.82 Å². The standard InChI is InChI=1S/C24H28N4O/c1-16(2)20-7-5-19(6-8-20)15-27(22-10-11-22)24(29)21-9-12-23(25-14-21)28-18(4)13-17(3)26-28/h5-9,12-14,16,22H,10-11,15H2,1-4H3. The van der Waals surface area contributed by atoms with Crippen molar-refractivity contribution in [1.82, 2.24) is 19.7 Å². The molecular formula is C24H28N4O. The van der Waals surface area contributed by atoms with Crippen molar-refractivity contribution in [3.63, 3.8) is 0 Å². The van der Waals surface area contributed by atoms with Gasteiger partial charge in [-0.3, -0.25) is 4.79 Å². The molecule has 1 aliphatic carbocycles. The minimum Gasteiger partial charge on any atom is -0.331 e. The maximum atomic E-state index is 13.2. The zero-order valence-corrected chi connectivity index (χ0v) is 17.6. The molecule has 1 saturated carbocycles. The van der Waals surface area contributed by atoms with E-state index in [1.54, 1.807) is 10.9 Å². The molecule has 2 heterocycles. The van der Waals surface area contributed by atoms with Crippen molar-refractivity contribution in [1.29, 1.82) is 0 Å². The molecule has 1 aliphatic rings. The summed E-state index contributed by atoms with van der Waals surface area (Å²) in [6, 6.07) is 14.7. The van der Waals surface area contributed by atoms with Crippen molar-refractivity contribution in [2.24, 2.45) is 0 Å². The Hall–Kier alpha value is -2.95. The van der Waals surface area contributed by atoms with Gasteiger partial charge in [-0.15, -0.1) is 0 Å². The summed E-state index contributed by atoms with van der Waals surface area (Å²) in [5.41, 5.74) is 5.09. The van der Waals surface area contributed by atoms with Crippen LogP contribution in [0, 0.1) is 13.8 Å². The largest absolute Gasteiger partial charge is 0.331 e. The lowest BCUT2D eigenvalue weighted by atomic mass is 10.0. The number of carbonyl (C=O) groups is 1. The number of hydrogen-bond acceptors (Lipinski definition) is 3. The van der Waals surface area contributed by atoms with Crippen molar-refractivity contribution < 1.29 is 4.79 Å². The lowest BCUT2D eigenvalue weighted by molar-refractivity contribution is 0.0729. The molecule has 0 bridgehead atoms. The minimum absolute atomic E-state index is 0.0489. The summed E-state index contributed by atoms with van der Waals surface area (Å²) in [5.74, 6) is 1.29. The fraction of sp³-hybridized carbons (Fsp3) is 0.375. The van der Waals surface area contributed by atoms with Gasteiger partial charge >= 0.3 is 0 Å². The number of aromatic nitrogens is 3. The van der Waals surface area contributed by atoms with E-state index in [1.165, 1.54) is 11.1 Å². The van der Waals surface area contributed by atoms with Crippen LogP contribution in [0.4, 0.5) is 0 Å². The van der Waals surface area contributed by atoms with Crippen molar-refractivity contribution in [3.8, 4) is 5.82 Å². The van der Waals surface area contributed by atoms with Gasteiger partial charge in [-0.25, -0.2) is 9.67 Å². The molecule has 2 aromatic heterocycles. The van der Waals surface area contributed by atoms with Crippen molar-refractivity contribution in [3.05, 3.63) is 76.7 Å². The highest BCUT2D eigenvalue weighted by molar-refractivity contribution is 5.94. The second kappa shape index (κ2) is 7.82. The molecule has 1 fully saturated rings. The van der Waals surface area contributed by atoms with E-state index in [2.05, 4.69) is 48.2 Å². The van der Waals surface area contributed by atoms with Crippen LogP contribution in [0.25, 0.3) is 5.82 Å². The zero-order valence-electron chi connectivity index (χ0n) is 17.6. The summed E-state index contributed by atoms with van der Waals surface area (Å²) in [4.78, 5) is 19.7. The Morgan fingerprint density at radius 3 is 2.38 bits per heavy atom. The number of hydrogen-bond donors (Lipinski definition) is 0. The van der Waals surface area contributed by atoms with Crippen LogP contribution < -0.4 is 0 Å². The molecule has 1 aromatic carbocycles. The zero-order chi connectivity index (χ0) is 20.5. The Morgan fingerprint density at radius 1 is 1.14 bits per heavy atom. The van der Waals surface area contributed by atoms with Crippen LogP contribution >= 0.6 is 0 Å². The Labute approximate surface area is 172 Å². The molecule has 3 aromatic rings. The fourth-order valence-electron chi connectivity index (χ4n) is 3.62. The predicted octanol–water partition coefficient (Wildman–Crippen LogP) is 4.81. The van der Waals surface area contributed by atoms with E-state index in [1.807, 2.05) is 36.9 Å². The third-order valence-corrected chi connectivity index (χ3v) is 5.47. The molecule has 0 radical (unpaired) electrons. The molecule has 4 rings (SSSR count). The van der Waals surface area contributed by atoms with Gasteiger partial charge in [-0.05, 0) is 61.9 Å². The first-order valence-corrected chi connectivity index (χ1v) is 10.3. The molecule has 0 N–H and O–H groups in total. The van der Waals surface area contributed by atoms with Crippen LogP contribution in [0.15, 0.2) is 48.7 Å². The Morgan fingerprint density at radius 2 is 1.86 bits per heavy atom. The van der Waals surface area contributed by atoms with E-state index in [0.717, 1.165) is 30.0 Å². The number of rotatable bonds is 6. The second-order valence-electron chi connectivity index (χ2n) is 8.30. The lowest BCUT2D eigenvalue weighted by Crippen LogP contribution is -2.32. The molecule has 5 nitrogen and oxygen atoms in total. The maximum Gasteiger partial charge on any atom is 0.255 e. The van der Waals surface area contributed by atoms with E-state index in [0.29, 0.717) is 24.1 Å². The number of pyridine rings is 1. The van der Waals surface area contributed by atoms with E-state index in [4.69, 9.17) is 0 Å². The number of nitrogens with zero attached hydrogens (tertiary/aromatic N) is 4. The van der Waals surface area contributed by atoms with Gasteiger partial charge in [0.05, 0.1) is 11.3 Å². The summed E-state index contributed by atoms with van der Waals surface area (Å²) in [7, 11) is 0. The highest BCUT2D eigenvalue weighted by Crippen LogP contribution is 2.30. The Balaban J connectivity index is 1.52. The second-order valence-corrected chi connectivity index (χ2v) is 8.30. The minimum atomic E-state index is 0.0489. The molecule has 0 atom stereocenters. The summed E-state index contributed by atoms with van der Waals surface area (Å²) in [6.45, 7) is 8.99. The van der Waals surface area contributed by atoms with Gasteiger partial charge in [-0.1, -0.05) is 38.1 Å². The van der Waals surface area contributed by atoms with E-state index in [-0.39, 0.29) is 5.91 Å². The van der Waals surface area contributed by atoms with Crippen molar-refractivity contribution in [2.75, 3.05) is 0 Å². The summed E-state index contributed by atoms with van der Waals surface area (Å²) in [5, 5.41) is 4.46. The van der Waals surface area contributed by atoms with Gasteiger partial charge in [0, 0.05) is 24.5 Å². The molecule has 29 heavy (non-hydrogen) atoms. The van der Waals surface area contributed by atoms with Crippen LogP contribution in [0.3, 0.4) is 0 Å². The average molecular weight is 389 g/mol. The number of carbonyl (C=O) groups excluding carboxylic acids is 1. The molecule has 1 amide bonds. The maximum absolute atomic E-state index is 13.2. The molecule has 0 saturated heterocycles. The monoisotopic (exact) mass is 388 g/mol. The summed E-state index contributed by atoms with van der Waals surface area (Å²) in [6.07, 6.45) is 3.82. The molecule has 150 valence electrons. The summed E-state index contributed by atoms with van der Waals surface area (Å²) >= 11 is 0. The van der Waals surface area contributed by atoms with E-state index >= 15 is 0 Å². The normalized spacial score (nSPS) is 13.7. The lowest BCUT2D eigenvalue weighted by Gasteiger charge is -2.23. The third kappa shape index (κ3) is 4.24. The van der Waals surface area contributed by atoms with Gasteiger partial charge < -0.3 is 4.90 Å². The average Bonchev–Trinajstić information content (AvgIpc) is 3.50. The van der Waals surface area contributed by atoms with Crippen LogP contribution in [0.1, 0.15) is 65.5 Å². The third-order valence-electron chi connectivity index (χ3n) is 5.47. The van der Waals surface area contributed by atoms with Gasteiger partial charge in [0.1, 0.15) is 0 Å². The van der Waals surface area contributed by atoms with E-state index in [9.17, 15) is 4.79 Å². The first-order valence-electron chi connectivity index (χ1n) is 10.3. The highest BCUT2D eigenvalue weighted by atomic mass is 16.2. The van der Waals surface area contributed by atoms with Crippen LogP contribution in [0.5, 0.6) is 0 Å². The Bertz CT molecular complexity index is 998. The van der Waals surface area contributed by atoms with Crippen molar-refractivity contribution in [2.45, 2.75) is 59.0 Å². The SMILES string of the molecule is Cc1cc(C)n(-c2ccc(C(=O)N(Cc3ccc(C(C)C)cc3)C3CC3)cn2)n1. The molecule has 0 unspecified atom stereocenters.